The fraction of sp³-hybridized carbons (Fsp3) is 0.333. The van der Waals surface area contributed by atoms with Gasteiger partial charge in [-0.3, -0.25) is 9.69 Å². The minimum Gasteiger partial charge on any atom is -0.451 e. The van der Waals surface area contributed by atoms with E-state index in [0.717, 1.165) is 35.1 Å². The van der Waals surface area contributed by atoms with Crippen LogP contribution in [0, 0.1) is 0 Å². The smallest absolute Gasteiger partial charge is 0.295 e. The number of aromatic nitrogens is 1. The maximum absolute atomic E-state index is 13.5. The lowest BCUT2D eigenvalue weighted by atomic mass is 10.0. The van der Waals surface area contributed by atoms with Gasteiger partial charge >= 0.3 is 0 Å². The largest absolute Gasteiger partial charge is 0.451 e. The van der Waals surface area contributed by atoms with Crippen LogP contribution >= 0.6 is 11.3 Å². The standard InChI is InChI=1S/C24H24N2O3S/c1-15(2)18-9-5-11-21-22(18)25-24(30-21)26(14-17-8-6-12-28-17)23(27)20-13-16-7-3-4-10-19(16)29-20/h3-5,7,9-11,13,15,17H,6,8,12,14H2,1-2H3. The number of anilines is 1. The van der Waals surface area contributed by atoms with Gasteiger partial charge in [0.15, 0.2) is 10.9 Å². The first-order valence-electron chi connectivity index (χ1n) is 10.4. The Balaban J connectivity index is 1.57. The minimum absolute atomic E-state index is 0.0231. The number of rotatable bonds is 5. The van der Waals surface area contributed by atoms with Crippen molar-refractivity contribution in [2.75, 3.05) is 18.1 Å². The summed E-state index contributed by atoms with van der Waals surface area (Å²) in [5.74, 6) is 0.519. The van der Waals surface area contributed by atoms with Crippen LogP contribution in [-0.2, 0) is 4.74 Å². The quantitative estimate of drug-likeness (QED) is 0.398. The molecule has 30 heavy (non-hydrogen) atoms. The minimum atomic E-state index is -0.174. The van der Waals surface area contributed by atoms with Crippen LogP contribution in [0.4, 0.5) is 5.13 Å². The number of nitrogens with zero attached hydrogens (tertiary/aromatic N) is 2. The Kier molecular flexibility index (Phi) is 5.05. The van der Waals surface area contributed by atoms with Gasteiger partial charge in [-0.15, -0.1) is 0 Å². The first kappa shape index (κ1) is 19.3. The molecule has 1 saturated heterocycles. The Morgan fingerprint density at radius 3 is 2.87 bits per heavy atom. The number of thiazole rings is 1. The van der Waals surface area contributed by atoms with E-state index in [1.54, 1.807) is 16.2 Å². The predicted molar refractivity (Wildman–Crippen MR) is 121 cm³/mol. The third kappa shape index (κ3) is 3.50. The maximum Gasteiger partial charge on any atom is 0.295 e. The summed E-state index contributed by atoms with van der Waals surface area (Å²) in [6, 6.07) is 15.7. The molecule has 1 aliphatic rings. The first-order chi connectivity index (χ1) is 14.6. The average molecular weight is 421 g/mol. The van der Waals surface area contributed by atoms with Gasteiger partial charge in [-0.25, -0.2) is 4.98 Å². The molecule has 0 saturated carbocycles. The van der Waals surface area contributed by atoms with E-state index < -0.39 is 0 Å². The average Bonchev–Trinajstić information content (AvgIpc) is 3.49. The summed E-state index contributed by atoms with van der Waals surface area (Å²) in [4.78, 5) is 20.2. The first-order valence-corrected chi connectivity index (χ1v) is 11.2. The summed E-state index contributed by atoms with van der Waals surface area (Å²) in [6.45, 7) is 5.55. The van der Waals surface area contributed by atoms with E-state index >= 15 is 0 Å². The molecule has 1 atom stereocenters. The van der Waals surface area contributed by atoms with Crippen molar-refractivity contribution < 1.29 is 13.9 Å². The van der Waals surface area contributed by atoms with Gasteiger partial charge < -0.3 is 9.15 Å². The molecule has 0 spiro atoms. The molecule has 0 radical (unpaired) electrons. The highest BCUT2D eigenvalue weighted by Crippen LogP contribution is 2.35. The second kappa shape index (κ2) is 7.85. The van der Waals surface area contributed by atoms with Crippen molar-refractivity contribution in [2.45, 2.75) is 38.7 Å². The van der Waals surface area contributed by atoms with Crippen LogP contribution in [0.3, 0.4) is 0 Å². The van der Waals surface area contributed by atoms with Crippen molar-refractivity contribution in [3.05, 3.63) is 59.9 Å². The molecule has 5 nitrogen and oxygen atoms in total. The number of para-hydroxylation sites is 2. The normalized spacial score (nSPS) is 16.7. The second-order valence-corrected chi connectivity index (χ2v) is 9.05. The summed E-state index contributed by atoms with van der Waals surface area (Å²) < 4.78 is 12.8. The SMILES string of the molecule is CC(C)c1cccc2sc(N(CC3CCCO3)C(=O)c3cc4ccccc4o3)nc12. The zero-order valence-electron chi connectivity index (χ0n) is 17.1. The molecule has 0 bridgehead atoms. The van der Waals surface area contributed by atoms with E-state index in [9.17, 15) is 4.79 Å². The maximum atomic E-state index is 13.5. The molecular formula is C24H24N2O3S. The Morgan fingerprint density at radius 2 is 2.10 bits per heavy atom. The van der Waals surface area contributed by atoms with E-state index in [-0.39, 0.29) is 12.0 Å². The molecule has 154 valence electrons. The summed E-state index contributed by atoms with van der Waals surface area (Å²) in [5, 5.41) is 1.61. The van der Waals surface area contributed by atoms with Gasteiger partial charge in [0.2, 0.25) is 0 Å². The van der Waals surface area contributed by atoms with E-state index in [2.05, 4.69) is 32.0 Å². The Morgan fingerprint density at radius 1 is 1.23 bits per heavy atom. The van der Waals surface area contributed by atoms with Crippen molar-refractivity contribution in [1.29, 1.82) is 0 Å². The Bertz CT molecular complexity index is 1170. The van der Waals surface area contributed by atoms with Crippen LogP contribution in [0.15, 0.2) is 52.9 Å². The molecule has 3 heterocycles. The van der Waals surface area contributed by atoms with E-state index in [1.807, 2.05) is 30.3 Å². The van der Waals surface area contributed by atoms with Crippen molar-refractivity contribution in [3.8, 4) is 0 Å². The number of amides is 1. The topological polar surface area (TPSA) is 55.6 Å². The van der Waals surface area contributed by atoms with Gasteiger partial charge in [0, 0.05) is 12.0 Å². The monoisotopic (exact) mass is 420 g/mol. The molecule has 5 rings (SSSR count). The van der Waals surface area contributed by atoms with E-state index in [1.165, 1.54) is 5.56 Å². The van der Waals surface area contributed by atoms with E-state index in [4.69, 9.17) is 14.1 Å². The number of hydrogen-bond donors (Lipinski definition) is 0. The zero-order valence-corrected chi connectivity index (χ0v) is 17.9. The van der Waals surface area contributed by atoms with Gasteiger partial charge in [-0.2, -0.15) is 0 Å². The Labute approximate surface area is 179 Å². The van der Waals surface area contributed by atoms with Crippen molar-refractivity contribution in [1.82, 2.24) is 4.98 Å². The molecule has 1 unspecified atom stereocenters. The van der Waals surface area contributed by atoms with Crippen LogP contribution in [0.25, 0.3) is 21.2 Å². The molecule has 0 aliphatic carbocycles. The highest BCUT2D eigenvalue weighted by atomic mass is 32.1. The highest BCUT2D eigenvalue weighted by Gasteiger charge is 2.29. The fourth-order valence-corrected chi connectivity index (χ4v) is 5.01. The number of furan rings is 1. The molecule has 1 fully saturated rings. The third-order valence-corrected chi connectivity index (χ3v) is 6.63. The van der Waals surface area contributed by atoms with Gasteiger partial charge in [0.1, 0.15) is 5.58 Å². The van der Waals surface area contributed by atoms with Crippen LogP contribution in [0.5, 0.6) is 0 Å². The summed E-state index contributed by atoms with van der Waals surface area (Å²) >= 11 is 1.55. The second-order valence-electron chi connectivity index (χ2n) is 8.04. The molecular weight excluding hydrogens is 396 g/mol. The zero-order chi connectivity index (χ0) is 20.7. The fourth-order valence-electron chi connectivity index (χ4n) is 4.00. The van der Waals surface area contributed by atoms with Gasteiger partial charge in [0.25, 0.3) is 5.91 Å². The number of hydrogen-bond acceptors (Lipinski definition) is 5. The molecule has 4 aromatic rings. The lowest BCUT2D eigenvalue weighted by Gasteiger charge is -2.22. The lowest BCUT2D eigenvalue weighted by Crippen LogP contribution is -2.37. The number of benzene rings is 2. The molecule has 1 aliphatic heterocycles. The van der Waals surface area contributed by atoms with Crippen LogP contribution in [0.1, 0.15) is 48.7 Å². The number of carbonyl (C=O) groups is 1. The molecule has 0 N–H and O–H groups in total. The lowest BCUT2D eigenvalue weighted by molar-refractivity contribution is 0.0896. The van der Waals surface area contributed by atoms with Crippen molar-refractivity contribution >= 4 is 43.6 Å². The Hall–Kier alpha value is -2.70. The number of fused-ring (bicyclic) bond motifs is 2. The van der Waals surface area contributed by atoms with Gasteiger partial charge in [-0.05, 0) is 42.5 Å². The summed E-state index contributed by atoms with van der Waals surface area (Å²) in [6.07, 6.45) is 2.00. The van der Waals surface area contributed by atoms with Crippen LogP contribution in [-0.4, -0.2) is 30.1 Å². The number of carbonyl (C=O) groups excluding carboxylic acids is 1. The third-order valence-electron chi connectivity index (χ3n) is 5.58. The predicted octanol–water partition coefficient (Wildman–Crippen LogP) is 5.99. The molecule has 2 aromatic carbocycles. The molecule has 6 heteroatoms. The summed E-state index contributed by atoms with van der Waals surface area (Å²) in [5.41, 5.74) is 2.88. The number of ether oxygens (including phenoxy) is 1. The van der Waals surface area contributed by atoms with Gasteiger partial charge in [0.05, 0.1) is 22.9 Å². The van der Waals surface area contributed by atoms with Crippen LogP contribution in [0.2, 0.25) is 0 Å². The van der Waals surface area contributed by atoms with Crippen LogP contribution < -0.4 is 4.90 Å². The van der Waals surface area contributed by atoms with Crippen molar-refractivity contribution in [3.63, 3.8) is 0 Å². The highest BCUT2D eigenvalue weighted by molar-refractivity contribution is 7.22. The van der Waals surface area contributed by atoms with Crippen molar-refractivity contribution in [2.24, 2.45) is 0 Å². The summed E-state index contributed by atoms with van der Waals surface area (Å²) in [7, 11) is 0. The van der Waals surface area contributed by atoms with Gasteiger partial charge in [-0.1, -0.05) is 55.5 Å². The molecule has 1 amide bonds. The molecule has 2 aromatic heterocycles. The van der Waals surface area contributed by atoms with E-state index in [0.29, 0.717) is 28.9 Å².